The first-order chi connectivity index (χ1) is 10.7. The highest BCUT2D eigenvalue weighted by Gasteiger charge is 2.29. The molecule has 120 valence electrons. The Morgan fingerprint density at radius 3 is 2.00 bits per heavy atom. The number of rotatable bonds is 3. The number of aromatic nitrogens is 1. The van der Waals surface area contributed by atoms with Gasteiger partial charge in [-0.2, -0.15) is 0 Å². The number of aromatic carboxylic acids is 2. The molecule has 1 aromatic heterocycles. The Kier molecular flexibility index (Phi) is 4.56. The third kappa shape index (κ3) is 2.86. The Bertz CT molecular complexity index is 907. The molecule has 0 atom stereocenters. The average Bonchev–Trinajstić information content (AvgIpc) is 2.42. The number of carboxylic acid groups (broad SMARTS) is 2. The van der Waals surface area contributed by atoms with Gasteiger partial charge in [-0.25, -0.2) is 9.59 Å². The Morgan fingerprint density at radius 2 is 1.48 bits per heavy atom. The van der Waals surface area contributed by atoms with E-state index >= 15 is 0 Å². The van der Waals surface area contributed by atoms with E-state index in [1.807, 2.05) is 4.98 Å². The van der Waals surface area contributed by atoms with Crippen LogP contribution in [-0.4, -0.2) is 27.1 Å². The van der Waals surface area contributed by atoms with Crippen molar-refractivity contribution in [1.29, 1.82) is 0 Å². The number of anilines is 1. The summed E-state index contributed by atoms with van der Waals surface area (Å²) in [6, 6.07) is 2.63. The predicted molar refractivity (Wildman–Crippen MR) is 85.9 cm³/mol. The number of nitrogens with two attached hydrogens (primary N) is 1. The third-order valence-electron chi connectivity index (χ3n) is 2.97. The number of nitrogen functional groups attached to an aromatic ring is 1. The Balaban J connectivity index is 3.14. The van der Waals surface area contributed by atoms with Gasteiger partial charge in [-0.05, 0) is 12.1 Å². The molecule has 0 fully saturated rings. The van der Waals surface area contributed by atoms with Crippen molar-refractivity contribution >= 4 is 52.6 Å². The zero-order valence-corrected chi connectivity index (χ0v) is 13.3. The van der Waals surface area contributed by atoms with Gasteiger partial charge in [0.1, 0.15) is 16.9 Å². The summed E-state index contributed by atoms with van der Waals surface area (Å²) >= 11 is 17.9. The van der Waals surface area contributed by atoms with Gasteiger partial charge in [0.15, 0.2) is 0 Å². The fourth-order valence-corrected chi connectivity index (χ4v) is 2.77. The molecule has 0 spiro atoms. The fourth-order valence-electron chi connectivity index (χ4n) is 2.05. The van der Waals surface area contributed by atoms with Crippen LogP contribution in [0.15, 0.2) is 16.9 Å². The third-order valence-corrected chi connectivity index (χ3v) is 4.09. The first-order valence-electron chi connectivity index (χ1n) is 5.83. The molecule has 0 aliphatic heterocycles. The maximum atomic E-state index is 11.9. The number of H-pyrrole nitrogens is 1. The summed E-state index contributed by atoms with van der Waals surface area (Å²) in [5.41, 5.74) is 2.21. The van der Waals surface area contributed by atoms with E-state index in [0.29, 0.717) is 0 Å². The summed E-state index contributed by atoms with van der Waals surface area (Å²) < 4.78 is 0. The van der Waals surface area contributed by atoms with Gasteiger partial charge in [0.2, 0.25) is 0 Å². The summed E-state index contributed by atoms with van der Waals surface area (Å²) in [6.07, 6.45) is 0. The lowest BCUT2D eigenvalue weighted by Crippen LogP contribution is -2.24. The average molecular weight is 378 g/mol. The van der Waals surface area contributed by atoms with Crippen LogP contribution in [0.25, 0.3) is 11.1 Å². The van der Waals surface area contributed by atoms with Gasteiger partial charge in [-0.3, -0.25) is 4.79 Å². The van der Waals surface area contributed by atoms with Crippen LogP contribution in [0.3, 0.4) is 0 Å². The number of aromatic amines is 1. The number of nitrogens with one attached hydrogen (secondary N) is 1. The van der Waals surface area contributed by atoms with Crippen LogP contribution in [0.1, 0.15) is 20.7 Å². The molecule has 2 aromatic rings. The van der Waals surface area contributed by atoms with E-state index in [1.54, 1.807) is 0 Å². The van der Waals surface area contributed by atoms with E-state index in [9.17, 15) is 24.6 Å². The van der Waals surface area contributed by atoms with Crippen molar-refractivity contribution < 1.29 is 19.8 Å². The standard InChI is InChI=1S/C13H7Cl3N2O5/c14-3-1-2-4(15)9(16)5(3)6-7(12(20)21)10(17)18-11(19)8(6)13(22)23/h1-2H,(H,20,21)(H,22,23)(H3,17,18,19). The van der Waals surface area contributed by atoms with Crippen molar-refractivity contribution in [2.24, 2.45) is 0 Å². The molecule has 0 saturated heterocycles. The van der Waals surface area contributed by atoms with Gasteiger partial charge < -0.3 is 20.9 Å². The normalized spacial score (nSPS) is 10.6. The van der Waals surface area contributed by atoms with Gasteiger partial charge in [-0.1, -0.05) is 34.8 Å². The number of carbonyl (C=O) groups is 2. The molecule has 2 rings (SSSR count). The minimum Gasteiger partial charge on any atom is -0.478 e. The first-order valence-corrected chi connectivity index (χ1v) is 6.96. The largest absolute Gasteiger partial charge is 0.478 e. The zero-order chi connectivity index (χ0) is 17.5. The lowest BCUT2D eigenvalue weighted by Gasteiger charge is -2.15. The number of hydrogen-bond donors (Lipinski definition) is 4. The quantitative estimate of drug-likeness (QED) is 0.608. The molecule has 0 amide bonds. The number of carboxylic acids is 2. The lowest BCUT2D eigenvalue weighted by molar-refractivity contribution is 0.0695. The zero-order valence-electron chi connectivity index (χ0n) is 11.0. The Labute approximate surface area is 143 Å². The van der Waals surface area contributed by atoms with Gasteiger partial charge in [0.25, 0.3) is 5.56 Å². The second-order valence-electron chi connectivity index (χ2n) is 4.32. The van der Waals surface area contributed by atoms with E-state index in [1.165, 1.54) is 12.1 Å². The van der Waals surface area contributed by atoms with Crippen LogP contribution in [-0.2, 0) is 0 Å². The molecule has 1 aromatic carbocycles. The maximum absolute atomic E-state index is 11.9. The van der Waals surface area contributed by atoms with Gasteiger partial charge >= 0.3 is 11.9 Å². The van der Waals surface area contributed by atoms with Crippen molar-refractivity contribution in [3.8, 4) is 11.1 Å². The Morgan fingerprint density at radius 1 is 0.957 bits per heavy atom. The molecule has 0 unspecified atom stereocenters. The molecule has 1 heterocycles. The number of halogens is 3. The van der Waals surface area contributed by atoms with E-state index in [0.717, 1.165) is 0 Å². The lowest BCUT2D eigenvalue weighted by atomic mass is 9.95. The summed E-state index contributed by atoms with van der Waals surface area (Å²) in [7, 11) is 0. The molecule has 23 heavy (non-hydrogen) atoms. The maximum Gasteiger partial charge on any atom is 0.342 e. The molecule has 0 saturated carbocycles. The van der Waals surface area contributed by atoms with E-state index in [4.69, 9.17) is 40.5 Å². The van der Waals surface area contributed by atoms with Crippen LogP contribution in [0.2, 0.25) is 15.1 Å². The van der Waals surface area contributed by atoms with Crippen LogP contribution in [0.5, 0.6) is 0 Å². The minimum absolute atomic E-state index is 0.00222. The molecule has 10 heteroatoms. The van der Waals surface area contributed by atoms with Gasteiger partial charge in [0.05, 0.1) is 15.1 Å². The molecule has 0 radical (unpaired) electrons. The first kappa shape index (κ1) is 17.1. The fraction of sp³-hybridized carbons (Fsp3) is 0. The van der Waals surface area contributed by atoms with Crippen LogP contribution in [0, 0.1) is 0 Å². The van der Waals surface area contributed by atoms with Crippen molar-refractivity contribution in [1.82, 2.24) is 4.98 Å². The molecule has 0 aliphatic carbocycles. The van der Waals surface area contributed by atoms with Crippen molar-refractivity contribution in [3.05, 3.63) is 48.7 Å². The molecule has 0 aliphatic rings. The summed E-state index contributed by atoms with van der Waals surface area (Å²) in [5.74, 6) is -3.77. The van der Waals surface area contributed by atoms with E-state index < -0.39 is 40.0 Å². The Hall–Kier alpha value is -2.22. The summed E-state index contributed by atoms with van der Waals surface area (Å²) in [5, 5.41) is 18.3. The smallest absolute Gasteiger partial charge is 0.342 e. The van der Waals surface area contributed by atoms with E-state index in [-0.39, 0.29) is 20.6 Å². The predicted octanol–water partition coefficient (Wildman–Crippen LogP) is 2.98. The highest BCUT2D eigenvalue weighted by molar-refractivity contribution is 6.46. The van der Waals surface area contributed by atoms with Gasteiger partial charge in [0, 0.05) is 11.1 Å². The molecular weight excluding hydrogens is 371 g/mol. The summed E-state index contributed by atoms with van der Waals surface area (Å²) in [4.78, 5) is 36.8. The molecule has 7 nitrogen and oxygen atoms in total. The van der Waals surface area contributed by atoms with Crippen molar-refractivity contribution in [2.75, 3.05) is 5.73 Å². The van der Waals surface area contributed by atoms with Gasteiger partial charge in [-0.15, -0.1) is 0 Å². The SMILES string of the molecule is Nc1[nH]c(=O)c(C(=O)O)c(-c2c(Cl)ccc(Cl)c2Cl)c1C(=O)O. The second-order valence-corrected chi connectivity index (χ2v) is 5.51. The molecular formula is C13H7Cl3N2O5. The van der Waals surface area contributed by atoms with E-state index in [2.05, 4.69) is 0 Å². The number of hydrogen-bond acceptors (Lipinski definition) is 4. The highest BCUT2D eigenvalue weighted by Crippen LogP contribution is 2.42. The van der Waals surface area contributed by atoms with Crippen molar-refractivity contribution in [3.63, 3.8) is 0 Å². The van der Waals surface area contributed by atoms with Crippen LogP contribution >= 0.6 is 34.8 Å². The van der Waals surface area contributed by atoms with Crippen molar-refractivity contribution in [2.45, 2.75) is 0 Å². The van der Waals surface area contributed by atoms with Crippen LogP contribution < -0.4 is 11.3 Å². The number of benzene rings is 1. The topological polar surface area (TPSA) is 133 Å². The number of pyridine rings is 1. The summed E-state index contributed by atoms with van der Waals surface area (Å²) in [6.45, 7) is 0. The molecule has 0 bridgehead atoms. The minimum atomic E-state index is -1.67. The highest BCUT2D eigenvalue weighted by atomic mass is 35.5. The molecule has 5 N–H and O–H groups in total. The second kappa shape index (κ2) is 6.11. The van der Waals surface area contributed by atoms with Crippen LogP contribution in [0.4, 0.5) is 5.82 Å². The monoisotopic (exact) mass is 376 g/mol.